The average molecular weight is 196 g/mol. The van der Waals surface area contributed by atoms with Crippen LogP contribution in [0.2, 0.25) is 0 Å². The Labute approximate surface area is 86.3 Å². The fraction of sp³-hybridized carbons (Fsp3) is 0.667. The molecule has 2 heteroatoms. The van der Waals surface area contributed by atoms with E-state index >= 15 is 0 Å². The zero-order chi connectivity index (χ0) is 10.6. The summed E-state index contributed by atoms with van der Waals surface area (Å²) in [5.74, 6) is 1.61. The van der Waals surface area contributed by atoms with Crippen LogP contribution in [0, 0.1) is 5.92 Å². The third-order valence-corrected chi connectivity index (χ3v) is 2.53. The number of aliphatic hydroxyl groups is 1. The molecule has 0 saturated heterocycles. The molecule has 0 saturated carbocycles. The Bertz CT molecular complexity index is 249. The summed E-state index contributed by atoms with van der Waals surface area (Å²) in [6.45, 7) is 7.01. The topological polar surface area (TPSA) is 29.5 Å². The van der Waals surface area contributed by atoms with Crippen LogP contribution in [-0.2, 0) is 4.74 Å². The van der Waals surface area contributed by atoms with Crippen LogP contribution < -0.4 is 0 Å². The van der Waals surface area contributed by atoms with Crippen molar-refractivity contribution in [2.24, 2.45) is 5.92 Å². The fourth-order valence-corrected chi connectivity index (χ4v) is 1.71. The van der Waals surface area contributed by atoms with Crippen LogP contribution >= 0.6 is 0 Å². The summed E-state index contributed by atoms with van der Waals surface area (Å²) >= 11 is 0. The summed E-state index contributed by atoms with van der Waals surface area (Å²) in [5.41, 5.74) is 2.74. The predicted octanol–water partition coefficient (Wildman–Crippen LogP) is 2.65. The molecule has 0 unspecified atom stereocenters. The lowest BCUT2D eigenvalue weighted by molar-refractivity contribution is 0.137. The van der Waals surface area contributed by atoms with Crippen molar-refractivity contribution in [3.63, 3.8) is 0 Å². The van der Waals surface area contributed by atoms with E-state index in [1.54, 1.807) is 0 Å². The van der Waals surface area contributed by atoms with Gasteiger partial charge in [-0.2, -0.15) is 0 Å². The van der Waals surface area contributed by atoms with Gasteiger partial charge in [0.15, 0.2) is 0 Å². The highest BCUT2D eigenvalue weighted by atomic mass is 16.5. The van der Waals surface area contributed by atoms with Crippen LogP contribution in [0.3, 0.4) is 0 Å². The Morgan fingerprint density at radius 2 is 2.21 bits per heavy atom. The largest absolute Gasteiger partial charge is 0.495 e. The van der Waals surface area contributed by atoms with Crippen LogP contribution in [0.4, 0.5) is 0 Å². The summed E-state index contributed by atoms with van der Waals surface area (Å²) in [5, 5.41) is 8.73. The molecule has 0 heterocycles. The summed E-state index contributed by atoms with van der Waals surface area (Å²) < 4.78 is 5.57. The molecule has 0 bridgehead atoms. The summed E-state index contributed by atoms with van der Waals surface area (Å²) in [6, 6.07) is 0. The molecule has 0 amide bonds. The molecule has 14 heavy (non-hydrogen) atoms. The first-order valence-electron chi connectivity index (χ1n) is 5.26. The molecule has 0 aromatic rings. The zero-order valence-electron chi connectivity index (χ0n) is 9.34. The number of allylic oxidation sites excluding steroid dienone is 3. The average Bonchev–Trinajstić information content (AvgIpc) is 2.14. The maximum atomic E-state index is 8.73. The molecule has 1 N–H and O–H groups in total. The van der Waals surface area contributed by atoms with Crippen molar-refractivity contribution >= 4 is 0 Å². The number of hydrogen-bond donors (Lipinski definition) is 1. The van der Waals surface area contributed by atoms with E-state index in [0.29, 0.717) is 12.5 Å². The molecular weight excluding hydrogens is 176 g/mol. The van der Waals surface area contributed by atoms with E-state index in [1.165, 1.54) is 11.1 Å². The van der Waals surface area contributed by atoms with Gasteiger partial charge in [0.25, 0.3) is 0 Å². The number of ether oxygens (including phenoxy) is 1. The first kappa shape index (κ1) is 11.3. The highest BCUT2D eigenvalue weighted by molar-refractivity contribution is 5.25. The number of rotatable bonds is 4. The van der Waals surface area contributed by atoms with Crippen LogP contribution in [0.15, 0.2) is 23.0 Å². The third kappa shape index (κ3) is 2.88. The third-order valence-electron chi connectivity index (χ3n) is 2.53. The summed E-state index contributed by atoms with van der Waals surface area (Å²) in [4.78, 5) is 0. The standard InChI is InChI=1S/C12H20O2/c1-9(2)11-5-4-10(3)8-12(11)14-7-6-13/h4,9,13H,5-8H2,1-3H3. The molecule has 1 rings (SSSR count). The van der Waals surface area contributed by atoms with Gasteiger partial charge in [0.2, 0.25) is 0 Å². The van der Waals surface area contributed by atoms with Gasteiger partial charge >= 0.3 is 0 Å². The Morgan fingerprint density at radius 3 is 2.79 bits per heavy atom. The van der Waals surface area contributed by atoms with E-state index in [2.05, 4.69) is 26.8 Å². The molecule has 1 aliphatic rings. The molecule has 1 aliphatic carbocycles. The van der Waals surface area contributed by atoms with Crippen molar-refractivity contribution in [2.45, 2.75) is 33.6 Å². The summed E-state index contributed by atoms with van der Waals surface area (Å²) in [7, 11) is 0. The van der Waals surface area contributed by atoms with Gasteiger partial charge in [-0.05, 0) is 24.8 Å². The maximum absolute atomic E-state index is 8.73. The van der Waals surface area contributed by atoms with E-state index in [4.69, 9.17) is 9.84 Å². The first-order valence-corrected chi connectivity index (χ1v) is 5.26. The van der Waals surface area contributed by atoms with Crippen LogP contribution in [0.5, 0.6) is 0 Å². The van der Waals surface area contributed by atoms with Gasteiger partial charge in [0.1, 0.15) is 6.61 Å². The molecule has 0 radical (unpaired) electrons. The Balaban J connectivity index is 2.69. The summed E-state index contributed by atoms with van der Waals surface area (Å²) in [6.07, 6.45) is 4.18. The highest BCUT2D eigenvalue weighted by Crippen LogP contribution is 2.29. The van der Waals surface area contributed by atoms with Gasteiger partial charge in [-0.1, -0.05) is 25.5 Å². The molecule has 0 aromatic carbocycles. The van der Waals surface area contributed by atoms with E-state index in [9.17, 15) is 0 Å². The lowest BCUT2D eigenvalue weighted by Crippen LogP contribution is -2.09. The van der Waals surface area contributed by atoms with Crippen molar-refractivity contribution in [3.8, 4) is 0 Å². The predicted molar refractivity (Wildman–Crippen MR) is 57.9 cm³/mol. The first-order chi connectivity index (χ1) is 6.65. The smallest absolute Gasteiger partial charge is 0.111 e. The maximum Gasteiger partial charge on any atom is 0.111 e. The number of aliphatic hydroxyl groups excluding tert-OH is 1. The van der Waals surface area contributed by atoms with Crippen molar-refractivity contribution < 1.29 is 9.84 Å². The van der Waals surface area contributed by atoms with E-state index < -0.39 is 0 Å². The van der Waals surface area contributed by atoms with Gasteiger partial charge < -0.3 is 9.84 Å². The molecule has 0 aliphatic heterocycles. The molecule has 80 valence electrons. The Hall–Kier alpha value is -0.760. The van der Waals surface area contributed by atoms with Crippen molar-refractivity contribution in [1.29, 1.82) is 0 Å². The van der Waals surface area contributed by atoms with Crippen LogP contribution in [0.1, 0.15) is 33.6 Å². The minimum absolute atomic E-state index is 0.0949. The second-order valence-corrected chi connectivity index (χ2v) is 4.11. The SMILES string of the molecule is CC1=CCC(C(C)C)=C(OCCO)C1. The van der Waals surface area contributed by atoms with E-state index in [1.807, 2.05) is 0 Å². The second-order valence-electron chi connectivity index (χ2n) is 4.11. The van der Waals surface area contributed by atoms with E-state index in [-0.39, 0.29) is 6.61 Å². The van der Waals surface area contributed by atoms with Gasteiger partial charge in [-0.15, -0.1) is 0 Å². The minimum atomic E-state index is 0.0949. The Morgan fingerprint density at radius 1 is 1.50 bits per heavy atom. The monoisotopic (exact) mass is 196 g/mol. The van der Waals surface area contributed by atoms with Crippen molar-refractivity contribution in [3.05, 3.63) is 23.0 Å². The minimum Gasteiger partial charge on any atom is -0.495 e. The second kappa shape index (κ2) is 5.20. The molecule has 2 nitrogen and oxygen atoms in total. The highest BCUT2D eigenvalue weighted by Gasteiger charge is 2.15. The molecule has 0 fully saturated rings. The van der Waals surface area contributed by atoms with Crippen molar-refractivity contribution in [1.82, 2.24) is 0 Å². The fourth-order valence-electron chi connectivity index (χ4n) is 1.71. The van der Waals surface area contributed by atoms with E-state index in [0.717, 1.165) is 18.6 Å². The van der Waals surface area contributed by atoms with Crippen LogP contribution in [-0.4, -0.2) is 18.3 Å². The van der Waals surface area contributed by atoms with Gasteiger partial charge in [0, 0.05) is 6.42 Å². The van der Waals surface area contributed by atoms with Crippen LogP contribution in [0.25, 0.3) is 0 Å². The van der Waals surface area contributed by atoms with Crippen molar-refractivity contribution in [2.75, 3.05) is 13.2 Å². The van der Waals surface area contributed by atoms with Gasteiger partial charge in [-0.3, -0.25) is 0 Å². The molecule has 0 aromatic heterocycles. The molecular formula is C12H20O2. The lowest BCUT2D eigenvalue weighted by atomic mass is 9.91. The zero-order valence-corrected chi connectivity index (χ0v) is 9.34. The molecule has 0 atom stereocenters. The quantitative estimate of drug-likeness (QED) is 0.700. The van der Waals surface area contributed by atoms with Gasteiger partial charge in [-0.25, -0.2) is 0 Å². The lowest BCUT2D eigenvalue weighted by Gasteiger charge is -2.22. The Kier molecular flexibility index (Phi) is 4.21. The molecule has 0 spiro atoms. The number of hydrogen-bond acceptors (Lipinski definition) is 2. The van der Waals surface area contributed by atoms with Gasteiger partial charge in [0.05, 0.1) is 12.4 Å². The normalized spacial score (nSPS) is 17.4.